The number of nitrogens with zero attached hydrogens (tertiary/aromatic N) is 1. The third kappa shape index (κ3) is 1.26. The van der Waals surface area contributed by atoms with Gasteiger partial charge in [0.1, 0.15) is 0 Å². The lowest BCUT2D eigenvalue weighted by Gasteiger charge is -1.84. The molecule has 1 aliphatic rings. The van der Waals surface area contributed by atoms with Crippen molar-refractivity contribution in [3.8, 4) is 0 Å². The van der Waals surface area contributed by atoms with Gasteiger partial charge >= 0.3 is 5.97 Å². The second-order valence-corrected chi connectivity index (χ2v) is 3.54. The van der Waals surface area contributed by atoms with E-state index in [0.29, 0.717) is 5.92 Å². The topological polar surface area (TPSA) is 50.2 Å². The van der Waals surface area contributed by atoms with E-state index < -0.39 is 5.97 Å². The third-order valence-corrected chi connectivity index (χ3v) is 2.67. The maximum absolute atomic E-state index is 10.4. The highest BCUT2D eigenvalue weighted by molar-refractivity contribution is 7.10. The summed E-state index contributed by atoms with van der Waals surface area (Å²) in [7, 11) is 0. The van der Waals surface area contributed by atoms with Crippen molar-refractivity contribution >= 4 is 17.3 Å². The fourth-order valence-corrected chi connectivity index (χ4v) is 1.87. The van der Waals surface area contributed by atoms with E-state index >= 15 is 0 Å². The van der Waals surface area contributed by atoms with Crippen LogP contribution in [0.1, 0.15) is 34.3 Å². The van der Waals surface area contributed by atoms with Crippen molar-refractivity contribution < 1.29 is 9.90 Å². The number of carboxylic acid groups (broad SMARTS) is 1. The molecule has 0 amide bonds. The summed E-state index contributed by atoms with van der Waals surface area (Å²) in [5, 5.41) is 11.1. The minimum Gasteiger partial charge on any atom is -0.476 e. The molecule has 0 bridgehead atoms. The molecule has 4 heteroatoms. The molecule has 1 aromatic rings. The maximum Gasteiger partial charge on any atom is 0.355 e. The first-order valence-electron chi connectivity index (χ1n) is 3.46. The number of aromatic nitrogens is 1. The molecule has 1 N–H and O–H groups in total. The van der Waals surface area contributed by atoms with Gasteiger partial charge in [-0.1, -0.05) is 0 Å². The molecule has 1 saturated carbocycles. The Balaban J connectivity index is 2.25. The van der Waals surface area contributed by atoms with Gasteiger partial charge in [0, 0.05) is 11.3 Å². The summed E-state index contributed by atoms with van der Waals surface area (Å²) in [5.74, 6) is -0.360. The molecule has 1 fully saturated rings. The molecule has 0 spiro atoms. The molecule has 0 radical (unpaired) electrons. The number of thiazole rings is 1. The van der Waals surface area contributed by atoms with E-state index in [1.54, 1.807) is 5.38 Å². The third-order valence-electron chi connectivity index (χ3n) is 1.67. The average molecular weight is 169 g/mol. The largest absolute Gasteiger partial charge is 0.476 e. The number of aromatic carboxylic acids is 1. The molecule has 0 saturated heterocycles. The zero-order chi connectivity index (χ0) is 7.84. The first-order valence-corrected chi connectivity index (χ1v) is 4.34. The molecule has 58 valence electrons. The molecular formula is C7H7NO2S. The van der Waals surface area contributed by atoms with Gasteiger partial charge in [0.25, 0.3) is 0 Å². The minimum atomic E-state index is -0.923. The normalized spacial score (nSPS) is 16.7. The van der Waals surface area contributed by atoms with Crippen molar-refractivity contribution in [3.05, 3.63) is 16.1 Å². The average Bonchev–Trinajstić information content (AvgIpc) is 2.68. The van der Waals surface area contributed by atoms with Gasteiger partial charge in [-0.05, 0) is 12.8 Å². The van der Waals surface area contributed by atoms with E-state index in [1.165, 1.54) is 24.2 Å². The number of rotatable bonds is 2. The smallest absolute Gasteiger partial charge is 0.355 e. The Morgan fingerprint density at radius 3 is 2.91 bits per heavy atom. The molecule has 0 unspecified atom stereocenters. The van der Waals surface area contributed by atoms with Crippen molar-refractivity contribution in [2.24, 2.45) is 0 Å². The van der Waals surface area contributed by atoms with E-state index in [9.17, 15) is 4.79 Å². The Hall–Kier alpha value is -0.900. The van der Waals surface area contributed by atoms with Crippen LogP contribution in [-0.2, 0) is 0 Å². The molecule has 0 aliphatic heterocycles. The van der Waals surface area contributed by atoms with Gasteiger partial charge in [-0.25, -0.2) is 9.78 Å². The number of carboxylic acids is 1. The van der Waals surface area contributed by atoms with Gasteiger partial charge in [0.05, 0.1) is 5.01 Å². The molecular weight excluding hydrogens is 162 g/mol. The van der Waals surface area contributed by atoms with E-state index in [0.717, 1.165) is 5.01 Å². The Morgan fingerprint density at radius 1 is 1.73 bits per heavy atom. The lowest BCUT2D eigenvalue weighted by molar-refractivity contribution is 0.0691. The van der Waals surface area contributed by atoms with E-state index in [-0.39, 0.29) is 5.69 Å². The Kier molecular flexibility index (Phi) is 1.42. The molecule has 0 atom stereocenters. The van der Waals surface area contributed by atoms with Crippen molar-refractivity contribution in [1.29, 1.82) is 0 Å². The van der Waals surface area contributed by atoms with Crippen LogP contribution in [0.5, 0.6) is 0 Å². The minimum absolute atomic E-state index is 0.192. The lowest BCUT2D eigenvalue weighted by Crippen LogP contribution is -1.95. The first-order chi connectivity index (χ1) is 5.27. The second kappa shape index (κ2) is 2.30. The van der Waals surface area contributed by atoms with Gasteiger partial charge in [-0.15, -0.1) is 11.3 Å². The Bertz CT molecular complexity index is 290. The van der Waals surface area contributed by atoms with Crippen LogP contribution in [0.25, 0.3) is 0 Å². The highest BCUT2D eigenvalue weighted by Crippen LogP contribution is 2.41. The van der Waals surface area contributed by atoms with Crippen molar-refractivity contribution in [2.45, 2.75) is 18.8 Å². The fraction of sp³-hybridized carbons (Fsp3) is 0.429. The van der Waals surface area contributed by atoms with Gasteiger partial charge < -0.3 is 5.11 Å². The summed E-state index contributed by atoms with van der Waals surface area (Å²) in [6, 6.07) is 0. The number of hydrogen-bond donors (Lipinski definition) is 1. The summed E-state index contributed by atoms with van der Waals surface area (Å²) < 4.78 is 0. The van der Waals surface area contributed by atoms with Crippen LogP contribution in [0.4, 0.5) is 0 Å². The highest BCUT2D eigenvalue weighted by atomic mass is 32.1. The van der Waals surface area contributed by atoms with Gasteiger partial charge in [-0.2, -0.15) is 0 Å². The van der Waals surface area contributed by atoms with Crippen LogP contribution in [-0.4, -0.2) is 16.1 Å². The second-order valence-electron chi connectivity index (χ2n) is 2.65. The molecule has 3 nitrogen and oxygen atoms in total. The van der Waals surface area contributed by atoms with Crippen LogP contribution in [0.3, 0.4) is 0 Å². The quantitative estimate of drug-likeness (QED) is 0.733. The molecule has 2 rings (SSSR count). The summed E-state index contributed by atoms with van der Waals surface area (Å²) in [6.45, 7) is 0. The van der Waals surface area contributed by atoms with E-state index in [1.807, 2.05) is 0 Å². The van der Waals surface area contributed by atoms with Crippen LogP contribution < -0.4 is 0 Å². The molecule has 0 aromatic carbocycles. The predicted octanol–water partition coefficient (Wildman–Crippen LogP) is 1.72. The Labute approximate surface area is 67.7 Å². The van der Waals surface area contributed by atoms with Gasteiger partial charge in [-0.3, -0.25) is 0 Å². The van der Waals surface area contributed by atoms with Crippen LogP contribution >= 0.6 is 11.3 Å². The maximum atomic E-state index is 10.4. The van der Waals surface area contributed by atoms with Crippen molar-refractivity contribution in [2.75, 3.05) is 0 Å². The number of carbonyl (C=O) groups is 1. The monoisotopic (exact) mass is 169 g/mol. The van der Waals surface area contributed by atoms with Crippen molar-refractivity contribution in [3.63, 3.8) is 0 Å². The lowest BCUT2D eigenvalue weighted by atomic mass is 10.4. The van der Waals surface area contributed by atoms with Crippen LogP contribution in [0.2, 0.25) is 0 Å². The predicted molar refractivity (Wildman–Crippen MR) is 41.0 cm³/mol. The highest BCUT2D eigenvalue weighted by Gasteiger charge is 2.27. The van der Waals surface area contributed by atoms with Crippen LogP contribution in [0.15, 0.2) is 5.38 Å². The molecule has 1 heterocycles. The summed E-state index contributed by atoms with van der Waals surface area (Å²) >= 11 is 1.46. The Morgan fingerprint density at radius 2 is 2.45 bits per heavy atom. The van der Waals surface area contributed by atoms with Gasteiger partial charge in [0.2, 0.25) is 0 Å². The molecule has 11 heavy (non-hydrogen) atoms. The molecule has 1 aromatic heterocycles. The van der Waals surface area contributed by atoms with E-state index in [2.05, 4.69) is 4.98 Å². The van der Waals surface area contributed by atoms with E-state index in [4.69, 9.17) is 5.11 Å². The summed E-state index contributed by atoms with van der Waals surface area (Å²) in [6.07, 6.45) is 2.35. The summed E-state index contributed by atoms with van der Waals surface area (Å²) in [5.41, 5.74) is 0.192. The SMILES string of the molecule is O=C(O)c1csc(C2CC2)n1. The van der Waals surface area contributed by atoms with Crippen molar-refractivity contribution in [1.82, 2.24) is 4.98 Å². The standard InChI is InChI=1S/C7H7NO2S/c9-7(10)5-3-11-6(8-5)4-1-2-4/h3-4H,1-2H2,(H,9,10). The number of hydrogen-bond acceptors (Lipinski definition) is 3. The molecule has 1 aliphatic carbocycles. The zero-order valence-corrected chi connectivity index (χ0v) is 6.60. The fourth-order valence-electron chi connectivity index (χ4n) is 0.904. The van der Waals surface area contributed by atoms with Gasteiger partial charge in [0.15, 0.2) is 5.69 Å². The zero-order valence-electron chi connectivity index (χ0n) is 5.78. The van der Waals surface area contributed by atoms with Crippen LogP contribution in [0, 0.1) is 0 Å². The first kappa shape index (κ1) is 6.79. The summed E-state index contributed by atoms with van der Waals surface area (Å²) in [4.78, 5) is 14.4.